The molecule has 2 heterocycles. The molecule has 2 aliphatic heterocycles. The van der Waals surface area contributed by atoms with E-state index in [0.717, 1.165) is 0 Å². The number of hydrogen-bond acceptors (Lipinski definition) is 4. The van der Waals surface area contributed by atoms with Crippen LogP contribution in [0.5, 0.6) is 0 Å². The van der Waals surface area contributed by atoms with Crippen molar-refractivity contribution in [2.75, 3.05) is 18.0 Å². The Morgan fingerprint density at radius 1 is 1.35 bits per heavy atom. The van der Waals surface area contributed by atoms with E-state index in [4.69, 9.17) is 10.5 Å². The predicted molar refractivity (Wildman–Crippen MR) is 75.9 cm³/mol. The summed E-state index contributed by atoms with van der Waals surface area (Å²) in [4.78, 5) is 35.6. The lowest BCUT2D eigenvalue weighted by molar-refractivity contribution is -0.124. The molecule has 2 saturated heterocycles. The Bertz CT molecular complexity index is 737. The van der Waals surface area contributed by atoms with E-state index in [-0.39, 0.29) is 30.2 Å². The molecule has 7 nitrogen and oxygen atoms in total. The van der Waals surface area contributed by atoms with Gasteiger partial charge in [0.1, 0.15) is 5.82 Å². The molecule has 1 aromatic carbocycles. The van der Waals surface area contributed by atoms with Crippen LogP contribution in [-0.4, -0.2) is 37.1 Å². The van der Waals surface area contributed by atoms with E-state index in [9.17, 15) is 18.8 Å². The van der Waals surface area contributed by atoms with E-state index in [1.165, 1.54) is 11.0 Å². The van der Waals surface area contributed by atoms with Gasteiger partial charge in [-0.3, -0.25) is 14.5 Å². The highest BCUT2D eigenvalue weighted by atomic mass is 19.1. The van der Waals surface area contributed by atoms with Crippen LogP contribution in [0.2, 0.25) is 0 Å². The fourth-order valence-corrected chi connectivity index (χ4v) is 3.52. The van der Waals surface area contributed by atoms with Crippen molar-refractivity contribution in [2.45, 2.75) is 12.0 Å². The van der Waals surface area contributed by atoms with Crippen LogP contribution in [0.3, 0.4) is 0 Å². The highest BCUT2D eigenvalue weighted by Crippen LogP contribution is 2.57. The molecular weight excluding hydrogens is 305 g/mol. The number of amides is 3. The van der Waals surface area contributed by atoms with Crippen molar-refractivity contribution >= 4 is 23.6 Å². The van der Waals surface area contributed by atoms with E-state index in [1.807, 2.05) is 0 Å². The van der Waals surface area contributed by atoms with Crippen molar-refractivity contribution < 1.29 is 23.5 Å². The lowest BCUT2D eigenvalue weighted by atomic mass is 10.1. The molecule has 0 aromatic heterocycles. The first-order valence-corrected chi connectivity index (χ1v) is 7.32. The number of anilines is 1. The average molecular weight is 319 g/mol. The number of nitrogens with two attached hydrogens (primary N) is 1. The molecule has 0 spiro atoms. The van der Waals surface area contributed by atoms with Gasteiger partial charge in [-0.05, 0) is 23.6 Å². The van der Waals surface area contributed by atoms with Crippen LogP contribution in [0, 0.1) is 17.7 Å². The third-order valence-corrected chi connectivity index (χ3v) is 4.77. The number of rotatable bonds is 3. The number of hydrogen-bond donors (Lipinski definition) is 2. The van der Waals surface area contributed by atoms with Gasteiger partial charge in [0.15, 0.2) is 6.10 Å². The van der Waals surface area contributed by atoms with Crippen molar-refractivity contribution in [2.24, 2.45) is 17.6 Å². The number of fused-ring (bicyclic) bond motifs is 1. The highest BCUT2D eigenvalue weighted by Gasteiger charge is 2.59. The Hall–Kier alpha value is -2.64. The molecule has 1 aliphatic carbocycles. The summed E-state index contributed by atoms with van der Waals surface area (Å²) < 4.78 is 19.2. The van der Waals surface area contributed by atoms with Crippen LogP contribution in [0.1, 0.15) is 11.5 Å². The Balaban J connectivity index is 1.56. The number of primary amides is 1. The fourth-order valence-electron chi connectivity index (χ4n) is 3.52. The molecule has 0 radical (unpaired) electrons. The Morgan fingerprint density at radius 3 is 2.70 bits per heavy atom. The monoisotopic (exact) mass is 319 g/mol. The molecule has 3 fully saturated rings. The van der Waals surface area contributed by atoms with Crippen molar-refractivity contribution in [3.8, 4) is 0 Å². The SMILES string of the molecule is NC(=O)[C@H]1CN(c2ccc([C@@H]3[C@H]4CNC(=O)[C@H]43)c(F)c2)C(=O)O1. The van der Waals surface area contributed by atoms with E-state index in [1.54, 1.807) is 12.1 Å². The average Bonchev–Trinajstić information content (AvgIpc) is 2.87. The summed E-state index contributed by atoms with van der Waals surface area (Å²) in [6.45, 7) is 0.540. The van der Waals surface area contributed by atoms with Gasteiger partial charge in [0, 0.05) is 12.5 Å². The molecule has 120 valence electrons. The highest BCUT2D eigenvalue weighted by molar-refractivity contribution is 5.95. The molecule has 1 saturated carbocycles. The summed E-state index contributed by atoms with van der Waals surface area (Å²) >= 11 is 0. The minimum atomic E-state index is -1.03. The molecule has 23 heavy (non-hydrogen) atoms. The standard InChI is InChI=1S/C15H14FN3O4/c16-9-3-6(19-5-10(13(17)20)23-15(19)22)1-2-7(9)11-8-4-18-14(21)12(8)11/h1-3,8,10-12H,4-5H2,(H2,17,20)(H,18,21)/t8-,10-,11-,12-/m1/s1. The van der Waals surface area contributed by atoms with Gasteiger partial charge in [-0.2, -0.15) is 0 Å². The first kappa shape index (κ1) is 14.0. The van der Waals surface area contributed by atoms with Crippen LogP contribution in [-0.2, 0) is 14.3 Å². The zero-order valence-corrected chi connectivity index (χ0v) is 12.0. The maximum atomic E-state index is 14.4. The quantitative estimate of drug-likeness (QED) is 0.824. The Kier molecular flexibility index (Phi) is 2.84. The van der Waals surface area contributed by atoms with E-state index < -0.39 is 23.9 Å². The molecule has 3 N–H and O–H groups in total. The van der Waals surface area contributed by atoms with Gasteiger partial charge in [-0.1, -0.05) is 6.07 Å². The third kappa shape index (κ3) is 2.05. The molecular formula is C15H14FN3O4. The van der Waals surface area contributed by atoms with Crippen molar-refractivity contribution in [1.29, 1.82) is 0 Å². The van der Waals surface area contributed by atoms with Gasteiger partial charge in [0.25, 0.3) is 5.91 Å². The summed E-state index contributed by atoms with van der Waals surface area (Å²) in [5.74, 6) is -1.33. The van der Waals surface area contributed by atoms with Crippen molar-refractivity contribution in [1.82, 2.24) is 5.32 Å². The lowest BCUT2D eigenvalue weighted by Crippen LogP contribution is -2.32. The van der Waals surface area contributed by atoms with Gasteiger partial charge in [-0.15, -0.1) is 0 Å². The zero-order valence-electron chi connectivity index (χ0n) is 12.0. The minimum absolute atomic E-state index is 0.0316. The van der Waals surface area contributed by atoms with E-state index in [0.29, 0.717) is 17.8 Å². The predicted octanol–water partition coefficient (Wildman–Crippen LogP) is 0.0956. The Morgan fingerprint density at radius 2 is 2.13 bits per heavy atom. The second-order valence-electron chi connectivity index (χ2n) is 6.05. The molecule has 1 aromatic rings. The fraction of sp³-hybridized carbons (Fsp3) is 0.400. The second-order valence-corrected chi connectivity index (χ2v) is 6.05. The molecule has 8 heteroatoms. The summed E-state index contributed by atoms with van der Waals surface area (Å²) in [6, 6.07) is 4.41. The number of cyclic esters (lactones) is 1. The number of nitrogens with zero attached hydrogens (tertiary/aromatic N) is 1. The van der Waals surface area contributed by atoms with Gasteiger partial charge < -0.3 is 15.8 Å². The van der Waals surface area contributed by atoms with Crippen LogP contribution in [0.15, 0.2) is 18.2 Å². The summed E-state index contributed by atoms with van der Waals surface area (Å²) in [7, 11) is 0. The summed E-state index contributed by atoms with van der Waals surface area (Å²) in [6.07, 6.45) is -1.76. The van der Waals surface area contributed by atoms with Crippen LogP contribution >= 0.6 is 0 Å². The van der Waals surface area contributed by atoms with Gasteiger partial charge in [-0.25, -0.2) is 9.18 Å². The Labute approximate surface area is 130 Å². The van der Waals surface area contributed by atoms with Gasteiger partial charge in [0.2, 0.25) is 5.91 Å². The zero-order chi connectivity index (χ0) is 16.3. The minimum Gasteiger partial charge on any atom is -0.434 e. The van der Waals surface area contributed by atoms with Gasteiger partial charge in [0.05, 0.1) is 18.2 Å². The van der Waals surface area contributed by atoms with E-state index >= 15 is 0 Å². The summed E-state index contributed by atoms with van der Waals surface area (Å²) in [5, 5.41) is 2.74. The van der Waals surface area contributed by atoms with E-state index in [2.05, 4.69) is 5.32 Å². The number of benzene rings is 1. The lowest BCUT2D eigenvalue weighted by Gasteiger charge is -2.14. The van der Waals surface area contributed by atoms with Gasteiger partial charge >= 0.3 is 6.09 Å². The first-order valence-electron chi connectivity index (χ1n) is 7.32. The number of halogens is 1. The number of carbonyl (C=O) groups excluding carboxylic acids is 3. The molecule has 4 atom stereocenters. The van der Waals surface area contributed by atoms with Crippen molar-refractivity contribution in [3.63, 3.8) is 0 Å². The first-order chi connectivity index (χ1) is 11.0. The molecule has 0 unspecified atom stereocenters. The third-order valence-electron chi connectivity index (χ3n) is 4.77. The molecule has 3 aliphatic rings. The number of carbonyl (C=O) groups is 3. The van der Waals surface area contributed by atoms with Crippen LogP contribution in [0.25, 0.3) is 0 Å². The van der Waals surface area contributed by atoms with Crippen LogP contribution in [0.4, 0.5) is 14.9 Å². The summed E-state index contributed by atoms with van der Waals surface area (Å²) in [5.41, 5.74) is 5.90. The maximum absolute atomic E-state index is 14.4. The topological polar surface area (TPSA) is 102 Å². The second kappa shape index (κ2) is 4.68. The number of nitrogens with one attached hydrogen (secondary N) is 1. The smallest absolute Gasteiger partial charge is 0.415 e. The molecule has 4 rings (SSSR count). The largest absolute Gasteiger partial charge is 0.434 e. The van der Waals surface area contributed by atoms with Crippen molar-refractivity contribution in [3.05, 3.63) is 29.6 Å². The maximum Gasteiger partial charge on any atom is 0.415 e. The molecule has 3 amide bonds. The van der Waals surface area contributed by atoms with Crippen LogP contribution < -0.4 is 16.0 Å². The number of ether oxygens (including phenoxy) is 1. The normalized spacial score (nSPS) is 31.6. The number of piperidine rings is 1. The molecule has 0 bridgehead atoms.